The van der Waals surface area contributed by atoms with E-state index >= 15 is 0 Å². The minimum atomic E-state index is 0.378. The highest BCUT2D eigenvalue weighted by Crippen LogP contribution is 2.20. The summed E-state index contributed by atoms with van der Waals surface area (Å²) in [5.41, 5.74) is 0. The Hall–Kier alpha value is -0.510. The number of nitrogens with zero attached hydrogens (tertiary/aromatic N) is 2. The van der Waals surface area contributed by atoms with E-state index < -0.39 is 0 Å². The maximum absolute atomic E-state index is 5.05. The topological polar surface area (TPSA) is 27.1 Å². The van der Waals surface area contributed by atoms with Crippen LogP contribution >= 0.6 is 15.9 Å². The van der Waals surface area contributed by atoms with Crippen molar-refractivity contribution in [3.8, 4) is 6.01 Å². The summed E-state index contributed by atoms with van der Waals surface area (Å²) in [6.07, 6.45) is 1.91. The predicted molar refractivity (Wildman–Crippen MR) is 46.9 cm³/mol. The maximum Gasteiger partial charge on any atom is 0.297 e. The van der Waals surface area contributed by atoms with Crippen LogP contribution in [0.25, 0.3) is 0 Å². The molecule has 0 N–H and O–H groups in total. The molecule has 0 atom stereocenters. The van der Waals surface area contributed by atoms with Gasteiger partial charge in [0.25, 0.3) is 6.01 Å². The van der Waals surface area contributed by atoms with E-state index in [9.17, 15) is 0 Å². The van der Waals surface area contributed by atoms with E-state index in [1.807, 2.05) is 10.8 Å². The number of imidazole rings is 1. The highest BCUT2D eigenvalue weighted by molar-refractivity contribution is 9.10. The smallest absolute Gasteiger partial charge is 0.297 e. The van der Waals surface area contributed by atoms with Crippen molar-refractivity contribution in [2.45, 2.75) is 19.9 Å². The third kappa shape index (κ3) is 1.74. The van der Waals surface area contributed by atoms with Crippen LogP contribution in [0.3, 0.4) is 0 Å². The van der Waals surface area contributed by atoms with Gasteiger partial charge in [0.05, 0.1) is 7.11 Å². The molecule has 1 heterocycles. The summed E-state index contributed by atoms with van der Waals surface area (Å²) in [5.74, 6) is 0. The van der Waals surface area contributed by atoms with Gasteiger partial charge in [0.1, 0.15) is 4.60 Å². The van der Waals surface area contributed by atoms with Crippen molar-refractivity contribution in [2.24, 2.45) is 0 Å². The quantitative estimate of drug-likeness (QED) is 0.762. The summed E-state index contributed by atoms with van der Waals surface area (Å²) in [7, 11) is 1.62. The number of ether oxygens (including phenoxy) is 1. The lowest BCUT2D eigenvalue weighted by Crippen LogP contribution is -2.01. The SMILES string of the molecule is COc1nc(Br)cn1C(C)C. The summed E-state index contributed by atoms with van der Waals surface area (Å²) >= 11 is 3.28. The van der Waals surface area contributed by atoms with Crippen LogP contribution in [-0.4, -0.2) is 16.7 Å². The first-order valence-electron chi connectivity index (χ1n) is 3.43. The van der Waals surface area contributed by atoms with Gasteiger partial charge in [-0.05, 0) is 29.8 Å². The second-order valence-corrected chi connectivity index (χ2v) is 3.36. The summed E-state index contributed by atoms with van der Waals surface area (Å²) in [6, 6.07) is 1.02. The third-order valence-corrected chi connectivity index (χ3v) is 1.79. The van der Waals surface area contributed by atoms with Crippen LogP contribution in [0.2, 0.25) is 0 Å². The Bertz CT molecular complexity index is 245. The van der Waals surface area contributed by atoms with Crippen LogP contribution in [0.15, 0.2) is 10.8 Å². The first kappa shape index (κ1) is 8.59. The van der Waals surface area contributed by atoms with Gasteiger partial charge in [0.2, 0.25) is 0 Å². The molecule has 11 heavy (non-hydrogen) atoms. The van der Waals surface area contributed by atoms with Crippen molar-refractivity contribution in [2.75, 3.05) is 7.11 Å². The van der Waals surface area contributed by atoms with E-state index in [0.29, 0.717) is 12.1 Å². The number of rotatable bonds is 2. The van der Waals surface area contributed by atoms with Crippen molar-refractivity contribution in [1.29, 1.82) is 0 Å². The molecular formula is C7H11BrN2O. The van der Waals surface area contributed by atoms with Gasteiger partial charge < -0.3 is 4.74 Å². The molecule has 0 aliphatic carbocycles. The van der Waals surface area contributed by atoms with Gasteiger partial charge in [-0.3, -0.25) is 4.57 Å². The second-order valence-electron chi connectivity index (χ2n) is 2.55. The maximum atomic E-state index is 5.05. The van der Waals surface area contributed by atoms with Gasteiger partial charge in [-0.2, -0.15) is 4.98 Å². The molecule has 0 amide bonds. The molecule has 0 aromatic carbocycles. The van der Waals surface area contributed by atoms with E-state index in [-0.39, 0.29) is 0 Å². The second kappa shape index (κ2) is 3.26. The molecule has 0 unspecified atom stereocenters. The van der Waals surface area contributed by atoms with Crippen molar-refractivity contribution in [3.63, 3.8) is 0 Å². The van der Waals surface area contributed by atoms with Gasteiger partial charge in [0.15, 0.2) is 0 Å². The first-order valence-corrected chi connectivity index (χ1v) is 4.22. The Kier molecular flexibility index (Phi) is 2.54. The lowest BCUT2D eigenvalue weighted by molar-refractivity contribution is 0.346. The van der Waals surface area contributed by atoms with Crippen molar-refractivity contribution in [3.05, 3.63) is 10.8 Å². The monoisotopic (exact) mass is 218 g/mol. The summed E-state index contributed by atoms with van der Waals surface area (Å²) in [4.78, 5) is 4.11. The fraction of sp³-hybridized carbons (Fsp3) is 0.571. The zero-order valence-electron chi connectivity index (χ0n) is 6.84. The molecule has 0 aliphatic heterocycles. The molecule has 0 saturated carbocycles. The van der Waals surface area contributed by atoms with Crippen molar-refractivity contribution in [1.82, 2.24) is 9.55 Å². The molecule has 0 radical (unpaired) electrons. The van der Waals surface area contributed by atoms with Crippen molar-refractivity contribution < 1.29 is 4.74 Å². The Balaban J connectivity index is 3.02. The van der Waals surface area contributed by atoms with Crippen LogP contribution in [-0.2, 0) is 0 Å². The predicted octanol–water partition coefficient (Wildman–Crippen LogP) is 2.24. The number of hydrogen-bond acceptors (Lipinski definition) is 2. The van der Waals surface area contributed by atoms with Crippen LogP contribution in [0, 0.1) is 0 Å². The minimum Gasteiger partial charge on any atom is -0.468 e. The van der Waals surface area contributed by atoms with E-state index in [1.165, 1.54) is 0 Å². The van der Waals surface area contributed by atoms with Crippen LogP contribution in [0.4, 0.5) is 0 Å². The molecule has 0 bridgehead atoms. The third-order valence-electron chi connectivity index (χ3n) is 1.41. The number of aromatic nitrogens is 2. The average molecular weight is 219 g/mol. The Morgan fingerprint density at radius 1 is 1.64 bits per heavy atom. The number of hydrogen-bond donors (Lipinski definition) is 0. The Labute approximate surface area is 74.5 Å². The van der Waals surface area contributed by atoms with Crippen molar-refractivity contribution >= 4 is 15.9 Å². The van der Waals surface area contributed by atoms with E-state index in [1.54, 1.807) is 7.11 Å². The molecule has 62 valence electrons. The highest BCUT2D eigenvalue weighted by Gasteiger charge is 2.07. The number of methoxy groups -OCH3 is 1. The number of halogens is 1. The molecule has 3 nitrogen and oxygen atoms in total. The molecule has 1 aromatic rings. The summed E-state index contributed by atoms with van der Waals surface area (Å²) < 4.78 is 7.82. The molecule has 1 rings (SSSR count). The Morgan fingerprint density at radius 2 is 2.27 bits per heavy atom. The van der Waals surface area contributed by atoms with Crippen LogP contribution < -0.4 is 4.74 Å². The zero-order valence-corrected chi connectivity index (χ0v) is 8.42. The summed E-state index contributed by atoms with van der Waals surface area (Å²) in [5, 5.41) is 0. The van der Waals surface area contributed by atoms with Crippen LogP contribution in [0.1, 0.15) is 19.9 Å². The van der Waals surface area contributed by atoms with Gasteiger partial charge in [-0.15, -0.1) is 0 Å². The molecule has 0 fully saturated rings. The van der Waals surface area contributed by atoms with Gasteiger partial charge in [-0.25, -0.2) is 0 Å². The average Bonchev–Trinajstić information content (AvgIpc) is 2.30. The van der Waals surface area contributed by atoms with E-state index in [0.717, 1.165) is 4.60 Å². The lowest BCUT2D eigenvalue weighted by atomic mass is 10.4. The van der Waals surface area contributed by atoms with E-state index in [4.69, 9.17) is 4.74 Å². The fourth-order valence-electron chi connectivity index (χ4n) is 0.869. The van der Waals surface area contributed by atoms with E-state index in [2.05, 4.69) is 34.8 Å². The standard InChI is InChI=1S/C7H11BrN2O/c1-5(2)10-4-6(8)9-7(10)11-3/h4-5H,1-3H3. The Morgan fingerprint density at radius 3 is 2.64 bits per heavy atom. The molecule has 1 aromatic heterocycles. The fourth-order valence-corrected chi connectivity index (χ4v) is 1.24. The zero-order chi connectivity index (χ0) is 8.43. The van der Waals surface area contributed by atoms with Crippen LogP contribution in [0.5, 0.6) is 6.01 Å². The molecule has 4 heteroatoms. The highest BCUT2D eigenvalue weighted by atomic mass is 79.9. The normalized spacial score (nSPS) is 10.6. The minimum absolute atomic E-state index is 0.378. The first-order chi connectivity index (χ1) is 5.15. The van der Waals surface area contributed by atoms with Gasteiger partial charge in [-0.1, -0.05) is 0 Å². The molecule has 0 aliphatic rings. The lowest BCUT2D eigenvalue weighted by Gasteiger charge is -2.08. The largest absolute Gasteiger partial charge is 0.468 e. The molecule has 0 saturated heterocycles. The van der Waals surface area contributed by atoms with Gasteiger partial charge in [0, 0.05) is 12.2 Å². The molecular weight excluding hydrogens is 208 g/mol. The van der Waals surface area contributed by atoms with Gasteiger partial charge >= 0.3 is 0 Å². The summed E-state index contributed by atoms with van der Waals surface area (Å²) in [6.45, 7) is 4.16. The molecule has 0 spiro atoms.